The lowest BCUT2D eigenvalue weighted by atomic mass is 10.1. The molecule has 0 saturated carbocycles. The maximum atomic E-state index is 12.8. The van der Waals surface area contributed by atoms with Crippen LogP contribution < -0.4 is 10.6 Å². The first-order valence-corrected chi connectivity index (χ1v) is 8.99. The molecule has 1 unspecified atom stereocenters. The molecule has 5 nitrogen and oxygen atoms in total. The SMILES string of the molecule is CC(=O)Nc1cccc(NC(=O)C2CCCN2Cc2cccc(C)c2)c1. The maximum absolute atomic E-state index is 12.8. The molecule has 1 aliphatic rings. The first-order valence-electron chi connectivity index (χ1n) is 8.99. The fraction of sp³-hybridized carbons (Fsp3) is 0.333. The minimum Gasteiger partial charge on any atom is -0.326 e. The van der Waals surface area contributed by atoms with Gasteiger partial charge >= 0.3 is 0 Å². The summed E-state index contributed by atoms with van der Waals surface area (Å²) in [5.41, 5.74) is 3.84. The first-order chi connectivity index (χ1) is 12.5. The van der Waals surface area contributed by atoms with Crippen LogP contribution in [0.4, 0.5) is 11.4 Å². The van der Waals surface area contributed by atoms with Gasteiger partial charge in [0.25, 0.3) is 0 Å². The number of carbonyl (C=O) groups is 2. The Morgan fingerprint density at radius 3 is 2.54 bits per heavy atom. The maximum Gasteiger partial charge on any atom is 0.241 e. The second-order valence-corrected chi connectivity index (χ2v) is 6.87. The van der Waals surface area contributed by atoms with Crippen molar-refractivity contribution in [2.45, 2.75) is 39.3 Å². The van der Waals surface area contributed by atoms with E-state index in [1.165, 1.54) is 18.1 Å². The van der Waals surface area contributed by atoms with Gasteiger partial charge in [0, 0.05) is 24.8 Å². The molecule has 2 aromatic carbocycles. The molecule has 136 valence electrons. The highest BCUT2D eigenvalue weighted by Crippen LogP contribution is 2.23. The van der Waals surface area contributed by atoms with Gasteiger partial charge in [-0.05, 0) is 50.1 Å². The topological polar surface area (TPSA) is 61.4 Å². The van der Waals surface area contributed by atoms with Crippen molar-refractivity contribution < 1.29 is 9.59 Å². The normalized spacial score (nSPS) is 17.1. The predicted octanol–water partition coefficient (Wildman–Crippen LogP) is 3.56. The summed E-state index contributed by atoms with van der Waals surface area (Å²) in [6.45, 7) is 5.26. The number of nitrogens with zero attached hydrogens (tertiary/aromatic N) is 1. The summed E-state index contributed by atoms with van der Waals surface area (Å²) in [4.78, 5) is 26.2. The Hall–Kier alpha value is -2.66. The predicted molar refractivity (Wildman–Crippen MR) is 104 cm³/mol. The van der Waals surface area contributed by atoms with Crippen molar-refractivity contribution in [2.75, 3.05) is 17.2 Å². The van der Waals surface area contributed by atoms with Gasteiger partial charge in [-0.2, -0.15) is 0 Å². The second-order valence-electron chi connectivity index (χ2n) is 6.87. The Morgan fingerprint density at radius 1 is 1.08 bits per heavy atom. The standard InChI is InChI=1S/C21H25N3O2/c1-15-6-3-7-17(12-15)14-24-11-5-10-20(24)21(26)23-19-9-4-8-18(13-19)22-16(2)25/h3-4,6-9,12-13,20H,5,10-11,14H2,1-2H3,(H,22,25)(H,23,26). The quantitative estimate of drug-likeness (QED) is 0.866. The number of nitrogens with one attached hydrogen (secondary N) is 2. The number of hydrogen-bond acceptors (Lipinski definition) is 3. The molecular formula is C21H25N3O2. The summed E-state index contributed by atoms with van der Waals surface area (Å²) >= 11 is 0. The van der Waals surface area contributed by atoms with Crippen LogP contribution in [0.15, 0.2) is 48.5 Å². The molecule has 0 aromatic heterocycles. The average Bonchev–Trinajstić information content (AvgIpc) is 3.03. The van der Waals surface area contributed by atoms with Gasteiger partial charge in [-0.3, -0.25) is 14.5 Å². The minimum absolute atomic E-state index is 0.00938. The Labute approximate surface area is 154 Å². The van der Waals surface area contributed by atoms with Gasteiger partial charge in [0.05, 0.1) is 6.04 Å². The molecular weight excluding hydrogens is 326 g/mol. The van der Waals surface area contributed by atoms with E-state index in [4.69, 9.17) is 0 Å². The van der Waals surface area contributed by atoms with Crippen molar-refractivity contribution in [3.8, 4) is 0 Å². The zero-order valence-corrected chi connectivity index (χ0v) is 15.3. The molecule has 2 amide bonds. The molecule has 0 aliphatic carbocycles. The molecule has 26 heavy (non-hydrogen) atoms. The number of benzene rings is 2. The average molecular weight is 351 g/mol. The molecule has 1 saturated heterocycles. The number of aryl methyl sites for hydroxylation is 1. The Kier molecular flexibility index (Phi) is 5.68. The molecule has 1 heterocycles. The van der Waals surface area contributed by atoms with Crippen LogP contribution in [-0.4, -0.2) is 29.3 Å². The van der Waals surface area contributed by atoms with Crippen LogP contribution in [0.5, 0.6) is 0 Å². The van der Waals surface area contributed by atoms with Gasteiger partial charge in [-0.1, -0.05) is 35.9 Å². The lowest BCUT2D eigenvalue weighted by Gasteiger charge is -2.24. The van der Waals surface area contributed by atoms with E-state index < -0.39 is 0 Å². The number of anilines is 2. The molecule has 2 N–H and O–H groups in total. The van der Waals surface area contributed by atoms with Crippen molar-refractivity contribution in [3.63, 3.8) is 0 Å². The lowest BCUT2D eigenvalue weighted by Crippen LogP contribution is -2.39. The largest absolute Gasteiger partial charge is 0.326 e. The van der Waals surface area contributed by atoms with Gasteiger partial charge in [0.2, 0.25) is 11.8 Å². The zero-order chi connectivity index (χ0) is 18.5. The lowest BCUT2D eigenvalue weighted by molar-refractivity contribution is -0.120. The van der Waals surface area contributed by atoms with E-state index in [0.717, 1.165) is 25.9 Å². The summed E-state index contributed by atoms with van der Waals surface area (Å²) in [7, 11) is 0. The molecule has 0 bridgehead atoms. The second kappa shape index (κ2) is 8.15. The number of hydrogen-bond donors (Lipinski definition) is 2. The Bertz CT molecular complexity index is 803. The van der Waals surface area contributed by atoms with Gasteiger partial charge in [-0.15, -0.1) is 0 Å². The summed E-state index contributed by atoms with van der Waals surface area (Å²) in [5, 5.41) is 5.73. The Balaban J connectivity index is 1.66. The molecule has 1 fully saturated rings. The van der Waals surface area contributed by atoms with Gasteiger partial charge in [0.1, 0.15) is 0 Å². The van der Waals surface area contributed by atoms with Crippen LogP contribution in [0.3, 0.4) is 0 Å². The fourth-order valence-electron chi connectivity index (χ4n) is 3.46. The summed E-state index contributed by atoms with van der Waals surface area (Å²) in [6, 6.07) is 15.5. The van der Waals surface area contributed by atoms with Crippen molar-refractivity contribution in [1.29, 1.82) is 0 Å². The van der Waals surface area contributed by atoms with Crippen LogP contribution in [-0.2, 0) is 16.1 Å². The van der Waals surface area contributed by atoms with E-state index >= 15 is 0 Å². The molecule has 0 spiro atoms. The summed E-state index contributed by atoms with van der Waals surface area (Å²) in [5.74, 6) is -0.122. The highest BCUT2D eigenvalue weighted by atomic mass is 16.2. The molecule has 1 aliphatic heterocycles. The molecule has 0 radical (unpaired) electrons. The highest BCUT2D eigenvalue weighted by Gasteiger charge is 2.30. The van der Waals surface area contributed by atoms with E-state index in [1.54, 1.807) is 12.1 Å². The van der Waals surface area contributed by atoms with Crippen LogP contribution >= 0.6 is 0 Å². The van der Waals surface area contributed by atoms with Crippen molar-refractivity contribution >= 4 is 23.2 Å². The van der Waals surface area contributed by atoms with Crippen molar-refractivity contribution in [2.24, 2.45) is 0 Å². The van der Waals surface area contributed by atoms with E-state index in [0.29, 0.717) is 11.4 Å². The van der Waals surface area contributed by atoms with Crippen molar-refractivity contribution in [3.05, 3.63) is 59.7 Å². The van der Waals surface area contributed by atoms with Crippen LogP contribution in [0.2, 0.25) is 0 Å². The van der Waals surface area contributed by atoms with E-state index in [2.05, 4.69) is 46.7 Å². The third kappa shape index (κ3) is 4.70. The van der Waals surface area contributed by atoms with Gasteiger partial charge in [-0.25, -0.2) is 0 Å². The van der Waals surface area contributed by atoms with E-state index in [1.807, 2.05) is 12.1 Å². The first kappa shape index (κ1) is 18.1. The number of rotatable bonds is 5. The fourth-order valence-corrected chi connectivity index (χ4v) is 3.46. The third-order valence-corrected chi connectivity index (χ3v) is 4.58. The number of amides is 2. The molecule has 5 heteroatoms. The number of likely N-dealkylation sites (tertiary alicyclic amines) is 1. The zero-order valence-electron chi connectivity index (χ0n) is 15.3. The monoisotopic (exact) mass is 351 g/mol. The smallest absolute Gasteiger partial charge is 0.241 e. The summed E-state index contributed by atoms with van der Waals surface area (Å²) in [6.07, 6.45) is 1.89. The molecule has 2 aromatic rings. The third-order valence-electron chi connectivity index (χ3n) is 4.58. The highest BCUT2D eigenvalue weighted by molar-refractivity contribution is 5.96. The van der Waals surface area contributed by atoms with Gasteiger partial charge in [0.15, 0.2) is 0 Å². The van der Waals surface area contributed by atoms with Gasteiger partial charge < -0.3 is 10.6 Å². The van der Waals surface area contributed by atoms with Crippen LogP contribution in [0.25, 0.3) is 0 Å². The number of carbonyl (C=O) groups excluding carboxylic acids is 2. The van der Waals surface area contributed by atoms with E-state index in [9.17, 15) is 9.59 Å². The van der Waals surface area contributed by atoms with Crippen LogP contribution in [0, 0.1) is 6.92 Å². The summed E-state index contributed by atoms with van der Waals surface area (Å²) < 4.78 is 0. The van der Waals surface area contributed by atoms with Crippen LogP contribution in [0.1, 0.15) is 30.9 Å². The molecule has 1 atom stereocenters. The van der Waals surface area contributed by atoms with E-state index in [-0.39, 0.29) is 17.9 Å². The minimum atomic E-state index is -0.131. The van der Waals surface area contributed by atoms with Crippen molar-refractivity contribution in [1.82, 2.24) is 4.90 Å². The Morgan fingerprint density at radius 2 is 1.81 bits per heavy atom. The molecule has 3 rings (SSSR count).